The van der Waals surface area contributed by atoms with E-state index >= 15 is 0 Å². The topological polar surface area (TPSA) is 29.5 Å². The van der Waals surface area contributed by atoms with Gasteiger partial charge in [0.2, 0.25) is 0 Å². The molecule has 0 unspecified atom stereocenters. The Hall–Kier alpha value is -3.51. The standard InChI is InChI=1S/C25H19NO2/c1-25-21(14-12-17-8-4-3-5-9-17)19-10-6-7-11-23(19)26(25)24(27)20-16-18(28-2)13-15-22(20)25/h3-11,13,15-16,21H,1-2H3/t21-,25+/m1/s1. The molecular formula is C25H19NO2. The van der Waals surface area contributed by atoms with E-state index in [-0.39, 0.29) is 11.8 Å². The van der Waals surface area contributed by atoms with Crippen LogP contribution in [0.3, 0.4) is 0 Å². The molecule has 0 bridgehead atoms. The van der Waals surface area contributed by atoms with Crippen LogP contribution in [0.4, 0.5) is 5.69 Å². The minimum atomic E-state index is -0.538. The van der Waals surface area contributed by atoms with Crippen LogP contribution in [0.2, 0.25) is 0 Å². The van der Waals surface area contributed by atoms with Crippen molar-refractivity contribution in [1.29, 1.82) is 0 Å². The number of carbonyl (C=O) groups is 1. The predicted molar refractivity (Wildman–Crippen MR) is 110 cm³/mol. The molecule has 0 aromatic heterocycles. The zero-order valence-electron chi connectivity index (χ0n) is 15.8. The van der Waals surface area contributed by atoms with Gasteiger partial charge in [-0.3, -0.25) is 9.69 Å². The SMILES string of the molecule is COc1ccc2c(c1)C(=O)N1c3ccccc3[C@@H](C#Cc3ccccc3)[C@@]21C. The minimum absolute atomic E-state index is 0.00728. The first-order valence-corrected chi connectivity index (χ1v) is 9.33. The summed E-state index contributed by atoms with van der Waals surface area (Å²) in [7, 11) is 1.62. The van der Waals surface area contributed by atoms with E-state index in [0.29, 0.717) is 11.3 Å². The monoisotopic (exact) mass is 365 g/mol. The smallest absolute Gasteiger partial charge is 0.259 e. The molecule has 0 radical (unpaired) electrons. The molecular weight excluding hydrogens is 346 g/mol. The highest BCUT2D eigenvalue weighted by molar-refractivity contribution is 6.14. The van der Waals surface area contributed by atoms with Gasteiger partial charge in [-0.15, -0.1) is 0 Å². The molecule has 1 amide bonds. The van der Waals surface area contributed by atoms with Crippen molar-refractivity contribution >= 4 is 11.6 Å². The van der Waals surface area contributed by atoms with Crippen LogP contribution in [0.1, 0.15) is 39.9 Å². The fraction of sp³-hybridized carbons (Fsp3) is 0.160. The van der Waals surface area contributed by atoms with Crippen LogP contribution < -0.4 is 9.64 Å². The molecule has 0 N–H and O–H groups in total. The Morgan fingerprint density at radius 1 is 1.00 bits per heavy atom. The second-order valence-electron chi connectivity index (χ2n) is 7.33. The van der Waals surface area contributed by atoms with Crippen molar-refractivity contribution in [3.8, 4) is 17.6 Å². The molecule has 5 rings (SSSR count). The Bertz CT molecular complexity index is 1160. The summed E-state index contributed by atoms with van der Waals surface area (Å²) in [5.74, 6) is 7.39. The third-order valence-electron chi connectivity index (χ3n) is 5.86. The molecule has 0 aliphatic carbocycles. The van der Waals surface area contributed by atoms with Crippen LogP contribution in [-0.4, -0.2) is 13.0 Å². The van der Waals surface area contributed by atoms with Crippen molar-refractivity contribution < 1.29 is 9.53 Å². The Morgan fingerprint density at radius 2 is 1.75 bits per heavy atom. The summed E-state index contributed by atoms with van der Waals surface area (Å²) in [6.07, 6.45) is 0. The van der Waals surface area contributed by atoms with Gasteiger partial charge in [-0.25, -0.2) is 0 Å². The predicted octanol–water partition coefficient (Wildman–Crippen LogP) is 4.72. The lowest BCUT2D eigenvalue weighted by atomic mass is 9.79. The highest BCUT2D eigenvalue weighted by atomic mass is 16.5. The molecule has 3 nitrogen and oxygen atoms in total. The zero-order chi connectivity index (χ0) is 19.3. The van der Waals surface area contributed by atoms with Crippen molar-refractivity contribution in [2.75, 3.05) is 12.0 Å². The number of anilines is 1. The highest BCUT2D eigenvalue weighted by Gasteiger charge is 2.57. The lowest BCUT2D eigenvalue weighted by Crippen LogP contribution is -2.40. The molecule has 3 heteroatoms. The van der Waals surface area contributed by atoms with Gasteiger partial charge in [0.05, 0.1) is 18.6 Å². The maximum absolute atomic E-state index is 13.4. The van der Waals surface area contributed by atoms with E-state index in [4.69, 9.17) is 4.74 Å². The Morgan fingerprint density at radius 3 is 2.54 bits per heavy atom. The number of amides is 1. The first kappa shape index (κ1) is 16.6. The number of hydrogen-bond donors (Lipinski definition) is 0. The Balaban J connectivity index is 1.72. The normalized spacial score (nSPS) is 21.4. The van der Waals surface area contributed by atoms with Gasteiger partial charge < -0.3 is 4.74 Å². The molecule has 0 saturated carbocycles. The number of methoxy groups -OCH3 is 1. The molecule has 3 aromatic carbocycles. The summed E-state index contributed by atoms with van der Waals surface area (Å²) in [6, 6.07) is 23.8. The van der Waals surface area contributed by atoms with Gasteiger partial charge in [0.25, 0.3) is 5.91 Å². The summed E-state index contributed by atoms with van der Waals surface area (Å²) in [5, 5.41) is 0. The zero-order valence-corrected chi connectivity index (χ0v) is 15.8. The fourth-order valence-corrected chi connectivity index (χ4v) is 4.50. The molecule has 0 saturated heterocycles. The number of benzene rings is 3. The third-order valence-corrected chi connectivity index (χ3v) is 5.86. The van der Waals surface area contributed by atoms with E-state index in [2.05, 4.69) is 24.8 Å². The maximum atomic E-state index is 13.4. The second kappa shape index (κ2) is 6.00. The first-order valence-electron chi connectivity index (χ1n) is 9.33. The average molecular weight is 365 g/mol. The lowest BCUT2D eigenvalue weighted by molar-refractivity contribution is 0.0981. The third kappa shape index (κ3) is 2.15. The molecule has 2 heterocycles. The summed E-state index contributed by atoms with van der Waals surface area (Å²) in [4.78, 5) is 15.3. The van der Waals surface area contributed by atoms with Crippen LogP contribution in [0.25, 0.3) is 0 Å². The van der Waals surface area contributed by atoms with Gasteiger partial charge in [-0.1, -0.05) is 54.3 Å². The number of hydrogen-bond acceptors (Lipinski definition) is 2. The molecule has 28 heavy (non-hydrogen) atoms. The molecule has 3 aromatic rings. The maximum Gasteiger partial charge on any atom is 0.259 e. The average Bonchev–Trinajstić information content (AvgIpc) is 3.12. The summed E-state index contributed by atoms with van der Waals surface area (Å²) in [6.45, 7) is 2.12. The fourth-order valence-electron chi connectivity index (χ4n) is 4.50. The molecule has 2 atom stereocenters. The van der Waals surface area contributed by atoms with Crippen molar-refractivity contribution in [2.24, 2.45) is 0 Å². The number of ether oxygens (including phenoxy) is 1. The number of rotatable bonds is 1. The van der Waals surface area contributed by atoms with E-state index in [1.807, 2.05) is 71.6 Å². The van der Waals surface area contributed by atoms with Crippen molar-refractivity contribution in [2.45, 2.75) is 18.4 Å². The summed E-state index contributed by atoms with van der Waals surface area (Å²) in [5.41, 5.74) is 4.18. The van der Waals surface area contributed by atoms with Crippen LogP contribution in [-0.2, 0) is 5.54 Å². The van der Waals surface area contributed by atoms with E-state index in [0.717, 1.165) is 22.4 Å². The minimum Gasteiger partial charge on any atom is -0.497 e. The van der Waals surface area contributed by atoms with Crippen LogP contribution in [0.15, 0.2) is 72.8 Å². The van der Waals surface area contributed by atoms with Gasteiger partial charge in [0, 0.05) is 16.8 Å². The van der Waals surface area contributed by atoms with Crippen LogP contribution >= 0.6 is 0 Å². The van der Waals surface area contributed by atoms with E-state index < -0.39 is 5.54 Å². The summed E-state index contributed by atoms with van der Waals surface area (Å²) < 4.78 is 5.35. The van der Waals surface area contributed by atoms with Gasteiger partial charge in [0.15, 0.2) is 0 Å². The number of carbonyl (C=O) groups excluding carboxylic acids is 1. The quantitative estimate of drug-likeness (QED) is 0.584. The largest absolute Gasteiger partial charge is 0.497 e. The van der Waals surface area contributed by atoms with Crippen molar-refractivity contribution in [1.82, 2.24) is 0 Å². The molecule has 2 aliphatic rings. The van der Waals surface area contributed by atoms with Gasteiger partial charge in [0.1, 0.15) is 5.75 Å². The van der Waals surface area contributed by atoms with Crippen LogP contribution in [0, 0.1) is 11.8 Å². The Labute approximate surface area is 164 Å². The van der Waals surface area contributed by atoms with Crippen molar-refractivity contribution in [3.63, 3.8) is 0 Å². The molecule has 0 fully saturated rings. The molecule has 136 valence electrons. The number of fused-ring (bicyclic) bond motifs is 5. The van der Waals surface area contributed by atoms with Gasteiger partial charge in [-0.2, -0.15) is 0 Å². The molecule has 2 aliphatic heterocycles. The number of para-hydroxylation sites is 1. The molecule has 0 spiro atoms. The first-order chi connectivity index (χ1) is 13.6. The van der Waals surface area contributed by atoms with E-state index in [1.165, 1.54) is 0 Å². The van der Waals surface area contributed by atoms with E-state index in [9.17, 15) is 4.79 Å². The van der Waals surface area contributed by atoms with Crippen molar-refractivity contribution in [3.05, 3.63) is 95.1 Å². The van der Waals surface area contributed by atoms with Crippen LogP contribution in [0.5, 0.6) is 5.75 Å². The number of nitrogens with zero attached hydrogens (tertiary/aromatic N) is 1. The van der Waals surface area contributed by atoms with Gasteiger partial charge in [-0.05, 0) is 48.4 Å². The Kier molecular flexibility index (Phi) is 3.57. The van der Waals surface area contributed by atoms with E-state index in [1.54, 1.807) is 7.11 Å². The lowest BCUT2D eigenvalue weighted by Gasteiger charge is -2.32. The summed E-state index contributed by atoms with van der Waals surface area (Å²) >= 11 is 0. The highest BCUT2D eigenvalue weighted by Crippen LogP contribution is 2.57. The van der Waals surface area contributed by atoms with Gasteiger partial charge >= 0.3 is 0 Å². The second-order valence-corrected chi connectivity index (χ2v) is 7.33.